The Kier molecular flexibility index (Phi) is 4.03. The molecule has 9 heteroatoms. The Labute approximate surface area is 191 Å². The Balaban J connectivity index is 1.26. The molecule has 7 rings (SSSR count). The fourth-order valence-corrected chi connectivity index (χ4v) is 4.22. The highest BCUT2D eigenvalue weighted by atomic mass is 16.6. The molecule has 0 spiro atoms. The molecule has 3 aliphatic heterocycles. The maximum atomic E-state index is 6.07. The highest BCUT2D eigenvalue weighted by molar-refractivity contribution is 6.71. The van der Waals surface area contributed by atoms with Gasteiger partial charge in [0, 0.05) is 16.4 Å². The largest absolute Gasteiger partial charge is 0.632 e. The summed E-state index contributed by atoms with van der Waals surface area (Å²) < 4.78 is 36.4. The lowest BCUT2D eigenvalue weighted by molar-refractivity contribution is 0.516. The molecule has 0 bridgehead atoms. The summed E-state index contributed by atoms with van der Waals surface area (Å²) in [4.78, 5) is 0. The molecule has 0 saturated heterocycles. The second kappa shape index (κ2) is 7.20. The van der Waals surface area contributed by atoms with Crippen LogP contribution in [-0.4, -0.2) is 21.4 Å². The second-order valence-electron chi connectivity index (χ2n) is 7.98. The topological polar surface area (TPSA) is 55.4 Å². The molecule has 0 aromatic heterocycles. The number of fused-ring (bicyclic) bond motifs is 3. The molecule has 0 atom stereocenters. The predicted octanol–water partition coefficient (Wildman–Crippen LogP) is 2.19. The van der Waals surface area contributed by atoms with Gasteiger partial charge in [0.15, 0.2) is 0 Å². The van der Waals surface area contributed by atoms with Gasteiger partial charge in [0.2, 0.25) is 0 Å². The number of benzene rings is 4. The van der Waals surface area contributed by atoms with Crippen molar-refractivity contribution in [3.63, 3.8) is 0 Å². The van der Waals surface area contributed by atoms with Crippen LogP contribution in [0.4, 0.5) is 0 Å². The first-order valence-electron chi connectivity index (χ1n) is 10.7. The van der Waals surface area contributed by atoms with Gasteiger partial charge < -0.3 is 27.9 Å². The van der Waals surface area contributed by atoms with E-state index in [-0.39, 0.29) is 0 Å². The normalized spacial score (nSPS) is 14.7. The van der Waals surface area contributed by atoms with Crippen LogP contribution in [0.25, 0.3) is 0 Å². The van der Waals surface area contributed by atoms with Gasteiger partial charge in [0.25, 0.3) is 0 Å². The van der Waals surface area contributed by atoms with Crippen molar-refractivity contribution < 1.29 is 27.9 Å². The van der Waals surface area contributed by atoms with Crippen LogP contribution in [-0.2, 0) is 0 Å². The average molecular weight is 432 g/mol. The van der Waals surface area contributed by atoms with E-state index in [1.165, 1.54) is 0 Å². The average Bonchev–Trinajstić information content (AvgIpc) is 3.59. The summed E-state index contributed by atoms with van der Waals surface area (Å²) in [5.41, 5.74) is 2.43. The monoisotopic (exact) mass is 432 g/mol. The third kappa shape index (κ3) is 3.16. The zero-order chi connectivity index (χ0) is 21.8. The molecule has 156 valence electrons. The Morgan fingerprint density at radius 2 is 0.545 bits per heavy atom. The zero-order valence-corrected chi connectivity index (χ0v) is 17.3. The van der Waals surface area contributed by atoms with Gasteiger partial charge in [-0.15, -0.1) is 0 Å². The maximum absolute atomic E-state index is 6.07. The van der Waals surface area contributed by atoms with Crippen molar-refractivity contribution in [1.82, 2.24) is 0 Å². The lowest BCUT2D eigenvalue weighted by Gasteiger charge is -2.13. The van der Waals surface area contributed by atoms with Gasteiger partial charge in [-0.1, -0.05) is 54.6 Å². The molecular formula is C24H15B3O6. The van der Waals surface area contributed by atoms with Crippen molar-refractivity contribution in [3.8, 4) is 34.5 Å². The SMILES string of the molecule is c1ccc2c(c1)OB(c1cc(B3Oc4ccccc4O3)cc(B3Oc4ccccc4O3)c1)O2. The van der Waals surface area contributed by atoms with Crippen molar-refractivity contribution in [1.29, 1.82) is 0 Å². The molecular weight excluding hydrogens is 417 g/mol. The first kappa shape index (κ1) is 18.4. The van der Waals surface area contributed by atoms with Gasteiger partial charge in [0.05, 0.1) is 0 Å². The Morgan fingerprint density at radius 1 is 0.333 bits per heavy atom. The van der Waals surface area contributed by atoms with E-state index in [9.17, 15) is 0 Å². The van der Waals surface area contributed by atoms with E-state index in [4.69, 9.17) is 27.9 Å². The van der Waals surface area contributed by atoms with Gasteiger partial charge in [-0.05, 0) is 36.4 Å². The molecule has 0 aliphatic carbocycles. The van der Waals surface area contributed by atoms with E-state index in [1.807, 2.05) is 91.0 Å². The number of para-hydroxylation sites is 6. The van der Waals surface area contributed by atoms with E-state index >= 15 is 0 Å². The third-order valence-electron chi connectivity index (χ3n) is 5.77. The quantitative estimate of drug-likeness (QED) is 0.464. The number of rotatable bonds is 3. The van der Waals surface area contributed by atoms with Crippen molar-refractivity contribution in [3.05, 3.63) is 91.0 Å². The predicted molar refractivity (Wildman–Crippen MR) is 126 cm³/mol. The molecule has 3 aliphatic rings. The molecule has 0 saturated carbocycles. The number of hydrogen-bond acceptors (Lipinski definition) is 6. The molecule has 0 amide bonds. The van der Waals surface area contributed by atoms with Gasteiger partial charge >= 0.3 is 21.4 Å². The van der Waals surface area contributed by atoms with Crippen molar-refractivity contribution >= 4 is 37.7 Å². The molecule has 6 nitrogen and oxygen atoms in total. The summed E-state index contributed by atoms with van der Waals surface area (Å²) in [7, 11) is -1.81. The van der Waals surface area contributed by atoms with Crippen LogP contribution in [0.15, 0.2) is 91.0 Å². The van der Waals surface area contributed by atoms with Gasteiger partial charge in [-0.2, -0.15) is 0 Å². The minimum atomic E-state index is -0.603. The standard InChI is InChI=1S/C24H15B3O6/c1-2-8-20-19(7-1)28-25(29-20)16-13-17(26-30-21-9-3-4-10-22(21)31-26)15-18(14-16)27-32-23-11-5-6-12-24(23)33-27/h1-15H. The summed E-state index contributed by atoms with van der Waals surface area (Å²) >= 11 is 0. The molecule has 4 aromatic rings. The maximum Gasteiger partial charge on any atom is 0.632 e. The molecule has 0 unspecified atom stereocenters. The molecule has 0 fully saturated rings. The highest BCUT2D eigenvalue weighted by Gasteiger charge is 2.42. The Morgan fingerprint density at radius 3 is 0.758 bits per heavy atom. The minimum Gasteiger partial charge on any atom is -0.519 e. The number of hydrogen-bond donors (Lipinski definition) is 0. The van der Waals surface area contributed by atoms with E-state index in [1.54, 1.807) is 0 Å². The molecule has 0 N–H and O–H groups in total. The zero-order valence-electron chi connectivity index (χ0n) is 17.3. The van der Waals surface area contributed by atoms with E-state index in [2.05, 4.69) is 0 Å². The van der Waals surface area contributed by atoms with Crippen LogP contribution >= 0.6 is 0 Å². The Bertz CT molecular complexity index is 1130. The molecule has 3 heterocycles. The van der Waals surface area contributed by atoms with E-state index in [0.717, 1.165) is 16.4 Å². The first-order valence-corrected chi connectivity index (χ1v) is 10.7. The van der Waals surface area contributed by atoms with Gasteiger partial charge in [-0.3, -0.25) is 0 Å². The van der Waals surface area contributed by atoms with E-state index < -0.39 is 21.4 Å². The van der Waals surface area contributed by atoms with Crippen molar-refractivity contribution in [2.24, 2.45) is 0 Å². The van der Waals surface area contributed by atoms with Crippen molar-refractivity contribution in [2.75, 3.05) is 0 Å². The summed E-state index contributed by atoms with van der Waals surface area (Å²) in [6.07, 6.45) is 0. The van der Waals surface area contributed by atoms with Crippen LogP contribution in [0.2, 0.25) is 0 Å². The van der Waals surface area contributed by atoms with E-state index in [0.29, 0.717) is 34.5 Å². The van der Waals surface area contributed by atoms with Crippen LogP contribution < -0.4 is 44.3 Å². The fraction of sp³-hybridized carbons (Fsp3) is 0. The molecule has 0 radical (unpaired) electrons. The van der Waals surface area contributed by atoms with Crippen LogP contribution in [0.5, 0.6) is 34.5 Å². The lowest BCUT2D eigenvalue weighted by atomic mass is 9.66. The summed E-state index contributed by atoms with van der Waals surface area (Å²) in [5, 5.41) is 0. The molecule has 33 heavy (non-hydrogen) atoms. The minimum absolute atomic E-state index is 0.603. The molecule has 4 aromatic carbocycles. The summed E-state index contributed by atoms with van der Waals surface area (Å²) in [5.74, 6) is 4.23. The summed E-state index contributed by atoms with van der Waals surface area (Å²) in [6.45, 7) is 0. The van der Waals surface area contributed by atoms with Gasteiger partial charge in [0.1, 0.15) is 34.5 Å². The fourth-order valence-electron chi connectivity index (χ4n) is 4.22. The van der Waals surface area contributed by atoms with Crippen molar-refractivity contribution in [2.45, 2.75) is 0 Å². The second-order valence-corrected chi connectivity index (χ2v) is 7.98. The summed E-state index contributed by atoms with van der Waals surface area (Å²) in [6, 6.07) is 28.8. The third-order valence-corrected chi connectivity index (χ3v) is 5.77. The van der Waals surface area contributed by atoms with Crippen LogP contribution in [0, 0.1) is 0 Å². The van der Waals surface area contributed by atoms with Crippen LogP contribution in [0.1, 0.15) is 0 Å². The first-order chi connectivity index (χ1) is 16.3. The van der Waals surface area contributed by atoms with Crippen LogP contribution in [0.3, 0.4) is 0 Å². The highest BCUT2D eigenvalue weighted by Crippen LogP contribution is 2.34. The smallest absolute Gasteiger partial charge is 0.519 e. The Hall–Kier alpha value is -4.13. The van der Waals surface area contributed by atoms with Gasteiger partial charge in [-0.25, -0.2) is 0 Å². The lowest BCUT2D eigenvalue weighted by Crippen LogP contribution is -2.51.